The molecule has 0 spiro atoms. The molecule has 0 aliphatic carbocycles. The number of halogens is 1. The van der Waals surface area contributed by atoms with Gasteiger partial charge in [-0.3, -0.25) is 4.79 Å². The number of aliphatic hydroxyl groups excluding tert-OH is 1. The molecule has 1 rings (SSSR count). The Morgan fingerprint density at radius 2 is 2.11 bits per heavy atom. The minimum Gasteiger partial charge on any atom is -0.395 e. The van der Waals surface area contributed by atoms with Crippen molar-refractivity contribution >= 4 is 17.5 Å². The topological polar surface area (TPSA) is 49.8 Å². The Balaban J connectivity index is 2.50. The van der Waals surface area contributed by atoms with Crippen LogP contribution in [-0.2, 0) is 16.0 Å². The summed E-state index contributed by atoms with van der Waals surface area (Å²) < 4.78 is 4.95. The second-order valence-corrected chi connectivity index (χ2v) is 4.60. The fourth-order valence-corrected chi connectivity index (χ4v) is 2.01. The minimum absolute atomic E-state index is 0.00557. The Morgan fingerprint density at radius 1 is 1.37 bits per heavy atom. The largest absolute Gasteiger partial charge is 0.395 e. The van der Waals surface area contributed by atoms with Gasteiger partial charge in [0.1, 0.15) is 0 Å². The Bertz CT molecular complexity index is 398. The van der Waals surface area contributed by atoms with E-state index in [1.54, 1.807) is 12.0 Å². The maximum Gasteiger partial charge on any atom is 0.223 e. The molecular formula is C14H20ClNO3. The van der Waals surface area contributed by atoms with E-state index < -0.39 is 0 Å². The number of nitrogens with zero attached hydrogens (tertiary/aromatic N) is 1. The number of rotatable bonds is 8. The van der Waals surface area contributed by atoms with E-state index in [4.69, 9.17) is 21.4 Å². The molecular weight excluding hydrogens is 266 g/mol. The quantitative estimate of drug-likeness (QED) is 0.791. The van der Waals surface area contributed by atoms with Crippen LogP contribution in [0.3, 0.4) is 0 Å². The van der Waals surface area contributed by atoms with Gasteiger partial charge in [-0.15, -0.1) is 0 Å². The number of aliphatic hydroxyl groups is 1. The van der Waals surface area contributed by atoms with E-state index in [1.807, 2.05) is 24.3 Å². The molecule has 0 fully saturated rings. The average Bonchev–Trinajstić information content (AvgIpc) is 2.42. The maximum absolute atomic E-state index is 12.0. The van der Waals surface area contributed by atoms with Crippen LogP contribution in [0.15, 0.2) is 24.3 Å². The first kappa shape index (κ1) is 16.0. The summed E-state index contributed by atoms with van der Waals surface area (Å²) in [6.45, 7) is 1.27. The summed E-state index contributed by atoms with van der Waals surface area (Å²) in [6.07, 6.45) is 0.987. The van der Waals surface area contributed by atoms with Crippen molar-refractivity contribution in [2.45, 2.75) is 12.8 Å². The Kier molecular flexibility index (Phi) is 7.48. The van der Waals surface area contributed by atoms with Gasteiger partial charge in [-0.1, -0.05) is 29.8 Å². The van der Waals surface area contributed by atoms with Crippen LogP contribution in [-0.4, -0.2) is 49.3 Å². The van der Waals surface area contributed by atoms with Crippen molar-refractivity contribution in [3.8, 4) is 0 Å². The molecule has 0 atom stereocenters. The fraction of sp³-hybridized carbons (Fsp3) is 0.500. The van der Waals surface area contributed by atoms with Crippen molar-refractivity contribution in [1.29, 1.82) is 0 Å². The lowest BCUT2D eigenvalue weighted by Crippen LogP contribution is -2.36. The van der Waals surface area contributed by atoms with Gasteiger partial charge in [-0.05, 0) is 18.1 Å². The highest BCUT2D eigenvalue weighted by Crippen LogP contribution is 2.16. The molecule has 1 amide bonds. The molecule has 0 bridgehead atoms. The number of benzene rings is 1. The van der Waals surface area contributed by atoms with Crippen LogP contribution in [0, 0.1) is 0 Å². The van der Waals surface area contributed by atoms with E-state index in [9.17, 15) is 4.79 Å². The molecule has 0 aliphatic heterocycles. The highest BCUT2D eigenvalue weighted by atomic mass is 35.5. The van der Waals surface area contributed by atoms with Crippen molar-refractivity contribution in [3.63, 3.8) is 0 Å². The number of ether oxygens (including phenoxy) is 1. The number of hydrogen-bond donors (Lipinski definition) is 1. The SMILES string of the molecule is COCCN(CCO)C(=O)CCc1ccccc1Cl. The summed E-state index contributed by atoms with van der Waals surface area (Å²) >= 11 is 6.05. The van der Waals surface area contributed by atoms with E-state index >= 15 is 0 Å². The third kappa shape index (κ3) is 5.59. The van der Waals surface area contributed by atoms with Crippen molar-refractivity contribution in [1.82, 2.24) is 4.90 Å². The molecule has 0 heterocycles. The Labute approximate surface area is 118 Å². The molecule has 0 radical (unpaired) electrons. The van der Waals surface area contributed by atoms with Crippen LogP contribution in [0.5, 0.6) is 0 Å². The summed E-state index contributed by atoms with van der Waals surface area (Å²) in [6, 6.07) is 7.51. The number of carbonyl (C=O) groups excluding carboxylic acids is 1. The van der Waals surface area contributed by atoms with Gasteiger partial charge in [-0.2, -0.15) is 0 Å². The van der Waals surface area contributed by atoms with Gasteiger partial charge in [0.2, 0.25) is 5.91 Å². The Hall–Kier alpha value is -1.10. The highest BCUT2D eigenvalue weighted by molar-refractivity contribution is 6.31. The van der Waals surface area contributed by atoms with E-state index in [0.29, 0.717) is 37.6 Å². The minimum atomic E-state index is -0.0401. The predicted molar refractivity (Wildman–Crippen MR) is 75.3 cm³/mol. The lowest BCUT2D eigenvalue weighted by Gasteiger charge is -2.21. The van der Waals surface area contributed by atoms with Crippen LogP contribution in [0.25, 0.3) is 0 Å². The molecule has 0 saturated carbocycles. The fourth-order valence-electron chi connectivity index (χ4n) is 1.78. The van der Waals surface area contributed by atoms with Gasteiger partial charge in [-0.25, -0.2) is 0 Å². The zero-order valence-electron chi connectivity index (χ0n) is 11.1. The van der Waals surface area contributed by atoms with Gasteiger partial charge in [0.25, 0.3) is 0 Å². The maximum atomic E-state index is 12.0. The summed E-state index contributed by atoms with van der Waals surface area (Å²) in [4.78, 5) is 13.7. The van der Waals surface area contributed by atoms with E-state index in [0.717, 1.165) is 5.56 Å². The van der Waals surface area contributed by atoms with Crippen LogP contribution >= 0.6 is 11.6 Å². The smallest absolute Gasteiger partial charge is 0.223 e. The summed E-state index contributed by atoms with van der Waals surface area (Å²) in [5, 5.41) is 9.64. The third-order valence-corrected chi connectivity index (χ3v) is 3.22. The van der Waals surface area contributed by atoms with Crippen LogP contribution in [0.2, 0.25) is 5.02 Å². The zero-order chi connectivity index (χ0) is 14.1. The van der Waals surface area contributed by atoms with E-state index in [1.165, 1.54) is 0 Å². The van der Waals surface area contributed by atoms with Gasteiger partial charge < -0.3 is 14.7 Å². The first-order valence-electron chi connectivity index (χ1n) is 6.30. The molecule has 1 N–H and O–H groups in total. The van der Waals surface area contributed by atoms with Crippen LogP contribution in [0.4, 0.5) is 0 Å². The molecule has 19 heavy (non-hydrogen) atoms. The number of amides is 1. The molecule has 4 nitrogen and oxygen atoms in total. The lowest BCUT2D eigenvalue weighted by molar-refractivity contribution is -0.132. The number of carbonyl (C=O) groups is 1. The molecule has 0 aromatic heterocycles. The number of methoxy groups -OCH3 is 1. The number of aryl methyl sites for hydroxylation is 1. The van der Waals surface area contributed by atoms with Crippen molar-refractivity contribution in [2.75, 3.05) is 33.4 Å². The van der Waals surface area contributed by atoms with Gasteiger partial charge in [0, 0.05) is 31.6 Å². The van der Waals surface area contributed by atoms with Gasteiger partial charge in [0.05, 0.1) is 13.2 Å². The number of hydrogen-bond acceptors (Lipinski definition) is 3. The van der Waals surface area contributed by atoms with Crippen LogP contribution in [0.1, 0.15) is 12.0 Å². The molecule has 0 saturated heterocycles. The zero-order valence-corrected chi connectivity index (χ0v) is 11.9. The first-order valence-corrected chi connectivity index (χ1v) is 6.67. The standard InChI is InChI=1S/C14H20ClNO3/c1-19-11-9-16(8-10-17)14(18)7-6-12-4-2-3-5-13(12)15/h2-5,17H,6-11H2,1H3. The molecule has 5 heteroatoms. The lowest BCUT2D eigenvalue weighted by atomic mass is 10.1. The molecule has 0 aliphatic rings. The molecule has 106 valence electrons. The first-order chi connectivity index (χ1) is 9.19. The molecule has 1 aromatic carbocycles. The van der Waals surface area contributed by atoms with E-state index in [-0.39, 0.29) is 12.5 Å². The summed E-state index contributed by atoms with van der Waals surface area (Å²) in [7, 11) is 1.59. The van der Waals surface area contributed by atoms with Crippen molar-refractivity contribution < 1.29 is 14.6 Å². The monoisotopic (exact) mass is 285 g/mol. The van der Waals surface area contributed by atoms with E-state index in [2.05, 4.69) is 0 Å². The Morgan fingerprint density at radius 3 is 2.74 bits per heavy atom. The van der Waals surface area contributed by atoms with Crippen molar-refractivity contribution in [2.24, 2.45) is 0 Å². The molecule has 1 aromatic rings. The normalized spacial score (nSPS) is 10.5. The second kappa shape index (κ2) is 8.91. The summed E-state index contributed by atoms with van der Waals surface area (Å²) in [5.41, 5.74) is 0.966. The highest BCUT2D eigenvalue weighted by Gasteiger charge is 2.13. The summed E-state index contributed by atoms with van der Waals surface area (Å²) in [5.74, 6) is 0.00557. The third-order valence-electron chi connectivity index (χ3n) is 2.85. The molecule has 0 unspecified atom stereocenters. The van der Waals surface area contributed by atoms with Crippen LogP contribution < -0.4 is 0 Å². The van der Waals surface area contributed by atoms with Gasteiger partial charge >= 0.3 is 0 Å². The van der Waals surface area contributed by atoms with Gasteiger partial charge in [0.15, 0.2) is 0 Å². The van der Waals surface area contributed by atoms with Crippen molar-refractivity contribution in [3.05, 3.63) is 34.9 Å². The average molecular weight is 286 g/mol. The predicted octanol–water partition coefficient (Wildman–Crippen LogP) is 1.74. The second-order valence-electron chi connectivity index (χ2n) is 4.19.